The summed E-state index contributed by atoms with van der Waals surface area (Å²) in [4.78, 5) is 11.3. The summed E-state index contributed by atoms with van der Waals surface area (Å²) in [6.45, 7) is 4.47. The summed E-state index contributed by atoms with van der Waals surface area (Å²) in [5.41, 5.74) is 1.27. The Hall–Kier alpha value is -1.82. The van der Waals surface area contributed by atoms with Crippen LogP contribution in [-0.4, -0.2) is 32.8 Å². The molecule has 0 radical (unpaired) electrons. The molecule has 122 valence electrons. The van der Waals surface area contributed by atoms with Gasteiger partial charge in [-0.3, -0.25) is 4.68 Å². The molecule has 4 rings (SSSR count). The van der Waals surface area contributed by atoms with Crippen molar-refractivity contribution in [1.82, 2.24) is 19.7 Å². The first-order chi connectivity index (χ1) is 11.0. The zero-order valence-corrected chi connectivity index (χ0v) is 14.2. The van der Waals surface area contributed by atoms with Crippen LogP contribution in [0.1, 0.15) is 26.2 Å². The summed E-state index contributed by atoms with van der Waals surface area (Å²) in [6, 6.07) is 0. The van der Waals surface area contributed by atoms with E-state index in [2.05, 4.69) is 32.2 Å². The average Bonchev–Trinajstić information content (AvgIpc) is 3.14. The van der Waals surface area contributed by atoms with Gasteiger partial charge in [0.15, 0.2) is 5.82 Å². The molecule has 1 aliphatic heterocycles. The minimum absolute atomic E-state index is 0.408. The molecule has 0 spiro atoms. The highest BCUT2D eigenvalue weighted by molar-refractivity contribution is 6.32. The molecule has 2 fully saturated rings. The van der Waals surface area contributed by atoms with Crippen molar-refractivity contribution in [2.45, 2.75) is 26.2 Å². The molecule has 1 N–H and O–H groups in total. The van der Waals surface area contributed by atoms with E-state index in [0.717, 1.165) is 30.5 Å². The Labute approximate surface area is 140 Å². The standard InChI is InChI=1S/C16H21ClN6/c1-16-5-3-4-11(16)8-23(10-16)14-13(17)7-18-15(21-14)20-12-6-19-22(2)9-12/h6-7,9,11H,3-5,8,10H2,1-2H3,(H,18,20,21)/t11-,16-/m1/s1. The number of hydrogen-bond acceptors (Lipinski definition) is 5. The van der Waals surface area contributed by atoms with Gasteiger partial charge in [-0.2, -0.15) is 10.1 Å². The number of fused-ring (bicyclic) bond motifs is 1. The van der Waals surface area contributed by atoms with E-state index in [1.165, 1.54) is 19.3 Å². The number of nitrogens with one attached hydrogen (secondary N) is 1. The maximum Gasteiger partial charge on any atom is 0.229 e. The first-order valence-corrected chi connectivity index (χ1v) is 8.44. The molecule has 2 atom stereocenters. The smallest absolute Gasteiger partial charge is 0.229 e. The topological polar surface area (TPSA) is 58.9 Å². The Morgan fingerprint density at radius 3 is 3.00 bits per heavy atom. The van der Waals surface area contributed by atoms with Crippen molar-refractivity contribution in [3.8, 4) is 0 Å². The van der Waals surface area contributed by atoms with Crippen LogP contribution in [0.3, 0.4) is 0 Å². The number of hydrogen-bond donors (Lipinski definition) is 1. The number of halogens is 1. The Bertz CT molecular complexity index is 729. The third-order valence-corrected chi connectivity index (χ3v) is 5.53. The van der Waals surface area contributed by atoms with E-state index in [1.807, 2.05) is 13.2 Å². The van der Waals surface area contributed by atoms with Gasteiger partial charge in [-0.15, -0.1) is 0 Å². The lowest BCUT2D eigenvalue weighted by molar-refractivity contribution is 0.307. The monoisotopic (exact) mass is 332 g/mol. The molecule has 2 aromatic rings. The maximum absolute atomic E-state index is 6.37. The van der Waals surface area contributed by atoms with E-state index in [-0.39, 0.29) is 0 Å². The molecule has 6 nitrogen and oxygen atoms in total. The first kappa shape index (κ1) is 14.8. The average molecular weight is 333 g/mol. The van der Waals surface area contributed by atoms with E-state index in [9.17, 15) is 0 Å². The molecule has 0 unspecified atom stereocenters. The number of aryl methyl sites for hydroxylation is 1. The van der Waals surface area contributed by atoms with Gasteiger partial charge in [-0.25, -0.2) is 4.98 Å². The minimum atomic E-state index is 0.408. The van der Waals surface area contributed by atoms with Gasteiger partial charge in [-0.05, 0) is 24.2 Å². The second kappa shape index (κ2) is 5.37. The van der Waals surface area contributed by atoms with Crippen LogP contribution in [-0.2, 0) is 7.05 Å². The van der Waals surface area contributed by atoms with Crippen LogP contribution >= 0.6 is 11.6 Å². The third kappa shape index (κ3) is 2.65. The summed E-state index contributed by atoms with van der Waals surface area (Å²) in [7, 11) is 1.88. The van der Waals surface area contributed by atoms with Crippen molar-refractivity contribution in [3.05, 3.63) is 23.6 Å². The van der Waals surface area contributed by atoms with Crippen LogP contribution in [0, 0.1) is 11.3 Å². The van der Waals surface area contributed by atoms with Crippen LogP contribution in [0.5, 0.6) is 0 Å². The van der Waals surface area contributed by atoms with Crippen LogP contribution in [0.15, 0.2) is 18.6 Å². The van der Waals surface area contributed by atoms with Gasteiger partial charge in [0.25, 0.3) is 0 Å². The molecule has 2 aromatic heterocycles. The second-order valence-corrected chi connectivity index (χ2v) is 7.42. The lowest BCUT2D eigenvalue weighted by Crippen LogP contribution is -2.25. The van der Waals surface area contributed by atoms with E-state index < -0.39 is 0 Å². The maximum atomic E-state index is 6.37. The van der Waals surface area contributed by atoms with Crippen LogP contribution in [0.2, 0.25) is 5.02 Å². The van der Waals surface area contributed by atoms with E-state index in [1.54, 1.807) is 17.1 Å². The summed E-state index contributed by atoms with van der Waals surface area (Å²) in [5.74, 6) is 2.14. The van der Waals surface area contributed by atoms with Gasteiger partial charge in [0, 0.05) is 26.3 Å². The number of nitrogens with zero attached hydrogens (tertiary/aromatic N) is 5. The fourth-order valence-corrected chi connectivity index (χ4v) is 4.22. The molecule has 0 aromatic carbocycles. The van der Waals surface area contributed by atoms with E-state index >= 15 is 0 Å². The van der Waals surface area contributed by atoms with E-state index in [4.69, 9.17) is 11.6 Å². The molecule has 1 saturated carbocycles. The van der Waals surface area contributed by atoms with Crippen molar-refractivity contribution in [2.24, 2.45) is 18.4 Å². The summed E-state index contributed by atoms with van der Waals surface area (Å²) < 4.78 is 1.74. The number of rotatable bonds is 3. The molecule has 0 amide bonds. The molecular formula is C16H21ClN6. The normalized spacial score (nSPS) is 26.6. The largest absolute Gasteiger partial charge is 0.354 e. The highest BCUT2D eigenvalue weighted by atomic mass is 35.5. The van der Waals surface area contributed by atoms with Gasteiger partial charge in [0.1, 0.15) is 5.02 Å². The molecule has 0 bridgehead atoms. The van der Waals surface area contributed by atoms with Crippen LogP contribution in [0.25, 0.3) is 0 Å². The Balaban J connectivity index is 1.58. The summed E-state index contributed by atoms with van der Waals surface area (Å²) >= 11 is 6.37. The Morgan fingerprint density at radius 1 is 1.39 bits per heavy atom. The number of aromatic nitrogens is 4. The predicted molar refractivity (Wildman–Crippen MR) is 91.2 cm³/mol. The van der Waals surface area contributed by atoms with Crippen molar-refractivity contribution < 1.29 is 0 Å². The molecule has 3 heterocycles. The molecular weight excluding hydrogens is 312 g/mol. The van der Waals surface area contributed by atoms with Crippen LogP contribution < -0.4 is 10.2 Å². The summed E-state index contributed by atoms with van der Waals surface area (Å²) in [5, 5.41) is 7.94. The zero-order valence-electron chi connectivity index (χ0n) is 13.5. The van der Waals surface area contributed by atoms with Crippen molar-refractivity contribution >= 4 is 29.1 Å². The highest BCUT2D eigenvalue weighted by Gasteiger charge is 2.46. The highest BCUT2D eigenvalue weighted by Crippen LogP contribution is 2.49. The SMILES string of the molecule is Cn1cc(Nc2ncc(Cl)c(N3C[C@H]4CCC[C@]4(C)C3)n2)cn1. The first-order valence-electron chi connectivity index (χ1n) is 8.07. The lowest BCUT2D eigenvalue weighted by Gasteiger charge is -2.24. The molecule has 2 aliphatic rings. The van der Waals surface area contributed by atoms with Gasteiger partial charge in [0.2, 0.25) is 5.95 Å². The van der Waals surface area contributed by atoms with Crippen LogP contribution in [0.4, 0.5) is 17.5 Å². The number of anilines is 3. The summed E-state index contributed by atoms with van der Waals surface area (Å²) in [6.07, 6.45) is 9.28. The Kier molecular flexibility index (Phi) is 3.44. The third-order valence-electron chi connectivity index (χ3n) is 5.27. The molecule has 1 aliphatic carbocycles. The van der Waals surface area contributed by atoms with Gasteiger partial charge in [0.05, 0.1) is 18.1 Å². The minimum Gasteiger partial charge on any atom is -0.354 e. The second-order valence-electron chi connectivity index (χ2n) is 7.02. The molecule has 23 heavy (non-hydrogen) atoms. The fourth-order valence-electron chi connectivity index (χ4n) is 4.01. The molecule has 7 heteroatoms. The van der Waals surface area contributed by atoms with Gasteiger partial charge >= 0.3 is 0 Å². The van der Waals surface area contributed by atoms with E-state index in [0.29, 0.717) is 16.4 Å². The van der Waals surface area contributed by atoms with Crippen molar-refractivity contribution in [2.75, 3.05) is 23.3 Å². The molecule has 1 saturated heterocycles. The van der Waals surface area contributed by atoms with Gasteiger partial charge < -0.3 is 10.2 Å². The fraction of sp³-hybridized carbons (Fsp3) is 0.562. The van der Waals surface area contributed by atoms with Crippen molar-refractivity contribution in [1.29, 1.82) is 0 Å². The zero-order chi connectivity index (χ0) is 16.0. The van der Waals surface area contributed by atoms with Gasteiger partial charge in [-0.1, -0.05) is 24.9 Å². The lowest BCUT2D eigenvalue weighted by atomic mass is 9.83. The predicted octanol–water partition coefficient (Wildman–Crippen LogP) is 3.23. The Morgan fingerprint density at radius 2 is 2.26 bits per heavy atom. The quantitative estimate of drug-likeness (QED) is 0.935. The van der Waals surface area contributed by atoms with Crippen molar-refractivity contribution in [3.63, 3.8) is 0 Å².